The Morgan fingerprint density at radius 2 is 1.82 bits per heavy atom. The highest BCUT2D eigenvalue weighted by Crippen LogP contribution is 2.26. The van der Waals surface area contributed by atoms with Crippen molar-refractivity contribution in [3.05, 3.63) is 82.4 Å². The Kier molecular flexibility index (Phi) is 8.66. The second-order valence-electron chi connectivity index (χ2n) is 8.70. The van der Waals surface area contributed by atoms with Crippen molar-refractivity contribution in [3.63, 3.8) is 0 Å². The number of rotatable bonds is 13. The molecule has 1 amide bonds. The normalized spacial score (nSPS) is 13.1. The summed E-state index contributed by atoms with van der Waals surface area (Å²) in [7, 11) is -3.84. The van der Waals surface area contributed by atoms with Crippen molar-refractivity contribution in [3.8, 4) is 0 Å². The van der Waals surface area contributed by atoms with Gasteiger partial charge in [0.05, 0.1) is 22.5 Å². The van der Waals surface area contributed by atoms with Crippen LogP contribution in [0.25, 0.3) is 11.1 Å². The zero-order valence-corrected chi connectivity index (χ0v) is 22.4. The van der Waals surface area contributed by atoms with E-state index in [0.29, 0.717) is 34.4 Å². The van der Waals surface area contributed by atoms with Gasteiger partial charge in [-0.3, -0.25) is 19.7 Å². The average molecular weight is 572 g/mol. The molecule has 4 rings (SSSR count). The summed E-state index contributed by atoms with van der Waals surface area (Å²) < 4.78 is 31.7. The van der Waals surface area contributed by atoms with Gasteiger partial charge < -0.3 is 15.1 Å². The number of hydrogen-bond donors (Lipinski definition) is 2. The van der Waals surface area contributed by atoms with E-state index in [0.717, 1.165) is 6.20 Å². The molecule has 204 valence electrons. The Labute approximate surface area is 227 Å². The average Bonchev–Trinajstić information content (AvgIpc) is 3.55. The van der Waals surface area contributed by atoms with E-state index in [1.807, 2.05) is 6.92 Å². The second-order valence-corrected chi connectivity index (χ2v) is 11.8. The Balaban J connectivity index is 1.57. The van der Waals surface area contributed by atoms with E-state index in [2.05, 4.69) is 20.6 Å². The molecule has 0 radical (unpaired) electrons. The molecule has 0 fully saturated rings. The lowest BCUT2D eigenvalue weighted by atomic mass is 10.1. The lowest BCUT2D eigenvalue weighted by molar-refractivity contribution is -0.380. The highest BCUT2D eigenvalue weighted by Gasteiger charge is 2.32. The summed E-state index contributed by atoms with van der Waals surface area (Å²) in [4.78, 5) is 45.2. The van der Waals surface area contributed by atoms with Crippen molar-refractivity contribution in [2.45, 2.75) is 37.6 Å². The van der Waals surface area contributed by atoms with Crippen molar-refractivity contribution < 1.29 is 27.3 Å². The maximum absolute atomic E-state index is 13.4. The predicted octanol–water partition coefficient (Wildman–Crippen LogP) is 3.76. The fourth-order valence-electron chi connectivity index (χ4n) is 3.85. The molecule has 0 aliphatic heterocycles. The first-order valence-corrected chi connectivity index (χ1v) is 14.6. The summed E-state index contributed by atoms with van der Waals surface area (Å²) in [5, 5.41) is 16.1. The van der Waals surface area contributed by atoms with Crippen LogP contribution in [0.15, 0.2) is 65.2 Å². The molecule has 12 nitrogen and oxygen atoms in total. The Hall–Kier alpha value is -4.17. The van der Waals surface area contributed by atoms with Crippen LogP contribution in [0.2, 0.25) is 0 Å². The zero-order valence-electron chi connectivity index (χ0n) is 20.8. The molecular weight excluding hydrogens is 546 g/mol. The number of nitrogens with zero attached hydrogens (tertiary/aromatic N) is 3. The summed E-state index contributed by atoms with van der Waals surface area (Å²) in [5.74, 6) is -2.48. The van der Waals surface area contributed by atoms with Gasteiger partial charge in [-0.2, -0.15) is 0 Å². The number of benzene rings is 2. The van der Waals surface area contributed by atoms with E-state index in [1.165, 1.54) is 0 Å². The van der Waals surface area contributed by atoms with Crippen LogP contribution in [0.4, 0.5) is 10.1 Å². The highest BCUT2D eigenvalue weighted by atomic mass is 32.2. The molecule has 2 aromatic carbocycles. The number of thiazole rings is 1. The molecule has 0 bridgehead atoms. The molecular formula is C25H25N5O7S2. The number of nitrogens with one attached hydrogen (secondary N) is 2. The standard InChI is InChI=1S/C25H25N5O7S2/c1-2-8-18(22(31)24-28-17-11-6-7-12-20(17)37-24)27-23(32)19(29-25-26-13-21(38-25)30(33)34)15-39(35,36)14-16-9-4-3-5-10-16/h3-7,9-13,18-19H,2,8,14-15H2,1H3,(H,26,29)(H,27,32)/t18-,19+/m1/s1. The number of carbonyl (C=O) groups excluding carboxylic acids is 2. The van der Waals surface area contributed by atoms with Crippen LogP contribution in [0, 0.1) is 10.1 Å². The van der Waals surface area contributed by atoms with Gasteiger partial charge in [-0.25, -0.2) is 18.4 Å². The molecule has 0 saturated carbocycles. The van der Waals surface area contributed by atoms with Crippen molar-refractivity contribution in [2.75, 3.05) is 11.1 Å². The number of ketones is 1. The molecule has 2 heterocycles. The first-order chi connectivity index (χ1) is 18.6. The Morgan fingerprint density at radius 3 is 2.49 bits per heavy atom. The molecule has 2 N–H and O–H groups in total. The summed E-state index contributed by atoms with van der Waals surface area (Å²) in [6.07, 6.45) is 1.78. The number of nitro groups is 1. The number of anilines is 1. The smallest absolute Gasteiger partial charge is 0.345 e. The van der Waals surface area contributed by atoms with Crippen molar-refractivity contribution >= 4 is 54.1 Å². The van der Waals surface area contributed by atoms with Crippen LogP contribution in [0.3, 0.4) is 0 Å². The van der Waals surface area contributed by atoms with Crippen LogP contribution in [0.5, 0.6) is 0 Å². The lowest BCUT2D eigenvalue weighted by Crippen LogP contribution is -2.50. The first-order valence-electron chi connectivity index (χ1n) is 12.0. The Bertz CT molecular complexity index is 1550. The van der Waals surface area contributed by atoms with E-state index in [-0.39, 0.29) is 28.2 Å². The minimum absolute atomic E-state index is 0.00548. The first kappa shape index (κ1) is 27.9. The van der Waals surface area contributed by atoms with Crippen molar-refractivity contribution in [2.24, 2.45) is 0 Å². The fraction of sp³-hybridized carbons (Fsp3) is 0.280. The molecule has 0 unspecified atom stereocenters. The summed E-state index contributed by atoms with van der Waals surface area (Å²) in [6, 6.07) is 12.9. The van der Waals surface area contributed by atoms with E-state index in [4.69, 9.17) is 4.42 Å². The van der Waals surface area contributed by atoms with E-state index >= 15 is 0 Å². The topological polar surface area (TPSA) is 174 Å². The highest BCUT2D eigenvalue weighted by molar-refractivity contribution is 7.90. The van der Waals surface area contributed by atoms with E-state index < -0.39 is 44.3 Å². The molecule has 0 aliphatic rings. The SMILES string of the molecule is CCC[C@@H](NC(=O)[C@H](CS(=O)(=O)Cc1ccccc1)Nc1ncc([N+](=O)[O-])s1)C(=O)c1nc2ccccc2o1. The van der Waals surface area contributed by atoms with Crippen LogP contribution in [-0.2, 0) is 20.4 Å². The van der Waals surface area contributed by atoms with Gasteiger partial charge in [0.1, 0.15) is 17.8 Å². The molecule has 0 spiro atoms. The number of Topliss-reactive ketones (excluding diaryl/α,β-unsaturated/α-hetero) is 1. The van der Waals surface area contributed by atoms with Gasteiger partial charge in [0.15, 0.2) is 20.6 Å². The third-order valence-corrected chi connectivity index (χ3v) is 8.15. The minimum Gasteiger partial charge on any atom is -0.434 e. The van der Waals surface area contributed by atoms with E-state index in [1.54, 1.807) is 54.6 Å². The van der Waals surface area contributed by atoms with Gasteiger partial charge >= 0.3 is 5.00 Å². The third kappa shape index (κ3) is 7.23. The van der Waals surface area contributed by atoms with Crippen LogP contribution in [0.1, 0.15) is 36.0 Å². The summed E-state index contributed by atoms with van der Waals surface area (Å²) in [6.45, 7) is 1.83. The third-order valence-electron chi connectivity index (χ3n) is 5.65. The number of fused-ring (bicyclic) bond motifs is 1. The minimum atomic E-state index is -3.84. The largest absolute Gasteiger partial charge is 0.434 e. The van der Waals surface area contributed by atoms with Crippen LogP contribution >= 0.6 is 11.3 Å². The molecule has 2 atom stereocenters. The number of oxazole rings is 1. The van der Waals surface area contributed by atoms with Gasteiger partial charge in [-0.05, 0) is 35.5 Å². The van der Waals surface area contributed by atoms with Crippen LogP contribution < -0.4 is 10.6 Å². The quantitative estimate of drug-likeness (QED) is 0.137. The molecule has 4 aromatic rings. The molecule has 14 heteroatoms. The Morgan fingerprint density at radius 1 is 1.10 bits per heavy atom. The maximum Gasteiger partial charge on any atom is 0.345 e. The van der Waals surface area contributed by atoms with Gasteiger partial charge in [-0.1, -0.05) is 55.8 Å². The van der Waals surface area contributed by atoms with Gasteiger partial charge in [0.2, 0.25) is 11.7 Å². The number of para-hydroxylation sites is 2. The number of aromatic nitrogens is 2. The molecule has 0 aliphatic carbocycles. The van der Waals surface area contributed by atoms with Gasteiger partial charge in [0, 0.05) is 0 Å². The number of amides is 1. The van der Waals surface area contributed by atoms with Gasteiger partial charge in [0.25, 0.3) is 5.89 Å². The molecule has 0 saturated heterocycles. The summed E-state index contributed by atoms with van der Waals surface area (Å²) >= 11 is 0.663. The second kappa shape index (κ2) is 12.1. The van der Waals surface area contributed by atoms with Crippen molar-refractivity contribution in [1.82, 2.24) is 15.3 Å². The molecule has 2 aromatic heterocycles. The monoisotopic (exact) mass is 571 g/mol. The maximum atomic E-state index is 13.4. The van der Waals surface area contributed by atoms with E-state index in [9.17, 15) is 28.1 Å². The zero-order chi connectivity index (χ0) is 28.0. The number of hydrogen-bond acceptors (Lipinski definition) is 11. The number of carbonyl (C=O) groups is 2. The predicted molar refractivity (Wildman–Crippen MR) is 145 cm³/mol. The fourth-order valence-corrected chi connectivity index (χ4v) is 6.09. The number of sulfone groups is 1. The lowest BCUT2D eigenvalue weighted by Gasteiger charge is -2.22. The van der Waals surface area contributed by atoms with Crippen molar-refractivity contribution in [1.29, 1.82) is 0 Å². The van der Waals surface area contributed by atoms with Crippen LogP contribution in [-0.4, -0.2) is 52.8 Å². The summed E-state index contributed by atoms with van der Waals surface area (Å²) in [5.41, 5.74) is 1.44. The molecule has 39 heavy (non-hydrogen) atoms. The van der Waals surface area contributed by atoms with Gasteiger partial charge in [-0.15, -0.1) is 0 Å².